The monoisotopic (exact) mass is 222 g/mol. The lowest BCUT2D eigenvalue weighted by Gasteiger charge is -1.97. The van der Waals surface area contributed by atoms with E-state index < -0.39 is 9.84 Å². The van der Waals surface area contributed by atoms with E-state index in [0.717, 1.165) is 24.7 Å². The lowest BCUT2D eigenvalue weighted by Crippen LogP contribution is -1.89. The molecule has 0 saturated carbocycles. The van der Waals surface area contributed by atoms with E-state index in [9.17, 15) is 8.42 Å². The summed E-state index contributed by atoms with van der Waals surface area (Å²) >= 11 is 0. The molecule has 3 heteroatoms. The number of benzene rings is 1. The van der Waals surface area contributed by atoms with Crippen LogP contribution in [0.3, 0.4) is 0 Å². The summed E-state index contributed by atoms with van der Waals surface area (Å²) in [5, 5.41) is 2.21. The van der Waals surface area contributed by atoms with Crippen LogP contribution in [0.2, 0.25) is 0 Å². The average Bonchev–Trinajstić information content (AvgIpc) is 2.16. The zero-order valence-corrected chi connectivity index (χ0v) is 9.76. The first-order chi connectivity index (χ1) is 7.01. The van der Waals surface area contributed by atoms with Crippen LogP contribution in [0.15, 0.2) is 24.3 Å². The van der Waals surface area contributed by atoms with Gasteiger partial charge in [-0.15, -0.1) is 0 Å². The molecule has 2 nitrogen and oxygen atoms in total. The average molecular weight is 222 g/mol. The fourth-order valence-corrected chi connectivity index (χ4v) is 1.50. The van der Waals surface area contributed by atoms with Crippen molar-refractivity contribution < 1.29 is 8.42 Å². The van der Waals surface area contributed by atoms with Gasteiger partial charge in [0.15, 0.2) is 0 Å². The fraction of sp³-hybridized carbons (Fsp3) is 0.333. The molecule has 0 radical (unpaired) electrons. The van der Waals surface area contributed by atoms with Crippen LogP contribution in [0, 0.1) is 11.2 Å². The molecule has 0 aliphatic rings. The summed E-state index contributed by atoms with van der Waals surface area (Å²) in [4.78, 5) is 0. The number of rotatable bonds is 2. The third-order valence-corrected chi connectivity index (χ3v) is 2.35. The van der Waals surface area contributed by atoms with Crippen molar-refractivity contribution >= 4 is 9.84 Å². The van der Waals surface area contributed by atoms with E-state index >= 15 is 0 Å². The van der Waals surface area contributed by atoms with Crippen molar-refractivity contribution in [3.63, 3.8) is 0 Å². The van der Waals surface area contributed by atoms with E-state index in [0.29, 0.717) is 0 Å². The van der Waals surface area contributed by atoms with Crippen LogP contribution in [0.1, 0.15) is 24.5 Å². The SMILES string of the molecule is CCCc1ccc(C#CS(C)(=O)=O)cc1. The minimum Gasteiger partial charge on any atom is -0.216 e. The summed E-state index contributed by atoms with van der Waals surface area (Å²) in [7, 11) is -3.20. The lowest BCUT2D eigenvalue weighted by atomic mass is 10.1. The van der Waals surface area contributed by atoms with Gasteiger partial charge in [0.05, 0.1) is 6.26 Å². The first-order valence-corrected chi connectivity index (χ1v) is 6.72. The van der Waals surface area contributed by atoms with Gasteiger partial charge in [0.2, 0.25) is 9.84 Å². The van der Waals surface area contributed by atoms with E-state index in [1.54, 1.807) is 0 Å². The molecule has 0 amide bonds. The largest absolute Gasteiger partial charge is 0.216 e. The quantitative estimate of drug-likeness (QED) is 0.717. The normalized spacial score (nSPS) is 10.5. The summed E-state index contributed by atoms with van der Waals surface area (Å²) in [6, 6.07) is 7.66. The topological polar surface area (TPSA) is 34.1 Å². The van der Waals surface area contributed by atoms with Gasteiger partial charge in [-0.3, -0.25) is 0 Å². The Labute approximate surface area is 91.2 Å². The molecule has 1 aromatic carbocycles. The Morgan fingerprint density at radius 2 is 1.80 bits per heavy atom. The molecule has 0 atom stereocenters. The van der Waals surface area contributed by atoms with Gasteiger partial charge in [-0.2, -0.15) is 0 Å². The highest BCUT2D eigenvalue weighted by molar-refractivity contribution is 7.95. The lowest BCUT2D eigenvalue weighted by molar-refractivity contribution is 0.611. The van der Waals surface area contributed by atoms with Crippen LogP contribution in [-0.4, -0.2) is 14.7 Å². The summed E-state index contributed by atoms with van der Waals surface area (Å²) in [6.07, 6.45) is 3.25. The van der Waals surface area contributed by atoms with Crippen molar-refractivity contribution in [3.8, 4) is 11.2 Å². The van der Waals surface area contributed by atoms with Crippen molar-refractivity contribution in [1.82, 2.24) is 0 Å². The predicted octanol–water partition coefficient (Wildman–Crippen LogP) is 1.99. The molecule has 0 aliphatic heterocycles. The standard InChI is InChI=1S/C12H14O2S/c1-3-4-11-5-7-12(8-6-11)9-10-15(2,13)14/h5-8H,3-4H2,1-2H3. The van der Waals surface area contributed by atoms with Crippen molar-refractivity contribution in [1.29, 1.82) is 0 Å². The van der Waals surface area contributed by atoms with Crippen LogP contribution in [0.25, 0.3) is 0 Å². The van der Waals surface area contributed by atoms with Gasteiger partial charge in [0.25, 0.3) is 0 Å². The molecule has 80 valence electrons. The zero-order valence-electron chi connectivity index (χ0n) is 8.95. The number of hydrogen-bond donors (Lipinski definition) is 0. The Bertz CT molecular complexity index is 473. The molecule has 0 saturated heterocycles. The highest BCUT2D eigenvalue weighted by Gasteiger charge is 1.93. The van der Waals surface area contributed by atoms with Crippen molar-refractivity contribution in [3.05, 3.63) is 35.4 Å². The second-order valence-electron chi connectivity index (χ2n) is 3.45. The Hall–Kier alpha value is -1.27. The number of sulfone groups is 1. The first-order valence-electron chi connectivity index (χ1n) is 4.83. The summed E-state index contributed by atoms with van der Waals surface area (Å²) in [5.41, 5.74) is 1.99. The molecule has 0 aliphatic carbocycles. The molecule has 0 aromatic heterocycles. The van der Waals surface area contributed by atoms with Gasteiger partial charge in [0.1, 0.15) is 0 Å². The molecule has 0 bridgehead atoms. The van der Waals surface area contributed by atoms with Gasteiger partial charge < -0.3 is 0 Å². The second kappa shape index (κ2) is 4.99. The van der Waals surface area contributed by atoms with Gasteiger partial charge in [0, 0.05) is 10.8 Å². The maximum atomic E-state index is 10.8. The van der Waals surface area contributed by atoms with Crippen molar-refractivity contribution in [2.24, 2.45) is 0 Å². The van der Waals surface area contributed by atoms with Gasteiger partial charge in [-0.1, -0.05) is 31.4 Å². The van der Waals surface area contributed by atoms with Crippen molar-refractivity contribution in [2.75, 3.05) is 6.26 Å². The molecule has 15 heavy (non-hydrogen) atoms. The Balaban J connectivity index is 2.84. The molecule has 0 spiro atoms. The second-order valence-corrected chi connectivity index (χ2v) is 5.19. The van der Waals surface area contributed by atoms with Gasteiger partial charge in [-0.25, -0.2) is 8.42 Å². The van der Waals surface area contributed by atoms with Crippen LogP contribution in [0.5, 0.6) is 0 Å². The number of aryl methyl sites for hydroxylation is 1. The summed E-state index contributed by atoms with van der Waals surface area (Å²) < 4.78 is 21.6. The molecule has 0 heterocycles. The highest BCUT2D eigenvalue weighted by atomic mass is 32.2. The van der Waals surface area contributed by atoms with Crippen LogP contribution in [-0.2, 0) is 16.3 Å². The minimum absolute atomic E-state index is 0.736. The molecular weight excluding hydrogens is 208 g/mol. The maximum Gasteiger partial charge on any atom is 0.214 e. The third-order valence-electron chi connectivity index (χ3n) is 1.87. The summed E-state index contributed by atoms with van der Waals surface area (Å²) in [6.45, 7) is 2.12. The predicted molar refractivity (Wildman–Crippen MR) is 62.2 cm³/mol. The number of hydrogen-bond acceptors (Lipinski definition) is 2. The van der Waals surface area contributed by atoms with Gasteiger partial charge >= 0.3 is 0 Å². The maximum absolute atomic E-state index is 10.8. The van der Waals surface area contributed by atoms with E-state index in [4.69, 9.17) is 0 Å². The Morgan fingerprint density at radius 1 is 1.20 bits per heavy atom. The van der Waals surface area contributed by atoms with E-state index in [1.807, 2.05) is 24.3 Å². The van der Waals surface area contributed by atoms with E-state index in [2.05, 4.69) is 18.1 Å². The molecule has 1 aromatic rings. The van der Waals surface area contributed by atoms with Crippen LogP contribution < -0.4 is 0 Å². The van der Waals surface area contributed by atoms with Crippen LogP contribution >= 0.6 is 0 Å². The van der Waals surface area contributed by atoms with Crippen LogP contribution in [0.4, 0.5) is 0 Å². The highest BCUT2D eigenvalue weighted by Crippen LogP contribution is 2.05. The minimum atomic E-state index is -3.20. The summed E-state index contributed by atoms with van der Waals surface area (Å²) in [5.74, 6) is 2.62. The van der Waals surface area contributed by atoms with E-state index in [-0.39, 0.29) is 0 Å². The van der Waals surface area contributed by atoms with Crippen molar-refractivity contribution in [2.45, 2.75) is 19.8 Å². The van der Waals surface area contributed by atoms with E-state index in [1.165, 1.54) is 5.56 Å². The molecular formula is C12H14O2S. The zero-order chi connectivity index (χ0) is 11.3. The first kappa shape index (κ1) is 11.8. The molecule has 0 N–H and O–H groups in total. The molecule has 1 rings (SSSR count). The molecule has 0 fully saturated rings. The Morgan fingerprint density at radius 3 is 2.27 bits per heavy atom. The fourth-order valence-electron chi connectivity index (χ4n) is 1.20. The Kier molecular flexibility index (Phi) is 3.93. The third kappa shape index (κ3) is 4.66. The molecule has 0 unspecified atom stereocenters. The van der Waals surface area contributed by atoms with Gasteiger partial charge in [-0.05, 0) is 24.1 Å². The smallest absolute Gasteiger partial charge is 0.214 e.